The maximum atomic E-state index is 5.44. The van der Waals surface area contributed by atoms with Crippen LogP contribution in [-0.2, 0) is 4.74 Å². The summed E-state index contributed by atoms with van der Waals surface area (Å²) in [6, 6.07) is 9.52. The summed E-state index contributed by atoms with van der Waals surface area (Å²) >= 11 is 0. The van der Waals surface area contributed by atoms with Gasteiger partial charge in [-0.05, 0) is 37.0 Å². The lowest BCUT2D eigenvalue weighted by Gasteiger charge is -2.29. The van der Waals surface area contributed by atoms with E-state index >= 15 is 0 Å². The van der Waals surface area contributed by atoms with E-state index in [1.807, 2.05) is 0 Å². The first-order valence-electron chi connectivity index (χ1n) is 7.81. The van der Waals surface area contributed by atoms with E-state index in [9.17, 15) is 0 Å². The van der Waals surface area contributed by atoms with E-state index < -0.39 is 0 Å². The zero-order chi connectivity index (χ0) is 14.2. The van der Waals surface area contributed by atoms with Crippen LogP contribution in [0.2, 0.25) is 0 Å². The van der Waals surface area contributed by atoms with Crippen molar-refractivity contribution in [2.45, 2.75) is 51.1 Å². The van der Waals surface area contributed by atoms with E-state index in [0.717, 1.165) is 31.8 Å². The Bertz CT molecular complexity index is 371. The number of nitrogens with one attached hydrogen (secondary N) is 1. The Morgan fingerprint density at radius 1 is 1.25 bits per heavy atom. The molecule has 1 fully saturated rings. The van der Waals surface area contributed by atoms with Crippen molar-refractivity contribution in [1.29, 1.82) is 0 Å². The van der Waals surface area contributed by atoms with Crippen molar-refractivity contribution in [3.8, 4) is 5.75 Å². The van der Waals surface area contributed by atoms with Crippen LogP contribution in [0.5, 0.6) is 5.75 Å². The molecule has 2 rings (SSSR count). The summed E-state index contributed by atoms with van der Waals surface area (Å²) < 4.78 is 10.7. The van der Waals surface area contributed by atoms with Gasteiger partial charge in [0.1, 0.15) is 5.75 Å². The SMILES string of the molecule is CCCCC(NC1CCOCC1)c1ccc(OC)cc1. The van der Waals surface area contributed by atoms with Gasteiger partial charge in [-0.1, -0.05) is 31.9 Å². The maximum Gasteiger partial charge on any atom is 0.118 e. The second-order valence-electron chi connectivity index (χ2n) is 5.52. The van der Waals surface area contributed by atoms with Gasteiger partial charge < -0.3 is 14.8 Å². The minimum Gasteiger partial charge on any atom is -0.497 e. The highest BCUT2D eigenvalue weighted by Crippen LogP contribution is 2.24. The second kappa shape index (κ2) is 8.28. The van der Waals surface area contributed by atoms with Crippen molar-refractivity contribution in [1.82, 2.24) is 5.32 Å². The summed E-state index contributed by atoms with van der Waals surface area (Å²) in [7, 11) is 1.71. The molecule has 1 aliphatic heterocycles. The zero-order valence-corrected chi connectivity index (χ0v) is 12.7. The summed E-state index contributed by atoms with van der Waals surface area (Å²) in [5.41, 5.74) is 1.37. The number of hydrogen-bond acceptors (Lipinski definition) is 3. The molecular weight excluding hydrogens is 250 g/mol. The molecule has 0 aliphatic carbocycles. The smallest absolute Gasteiger partial charge is 0.118 e. The molecule has 20 heavy (non-hydrogen) atoms. The average molecular weight is 277 g/mol. The topological polar surface area (TPSA) is 30.5 Å². The van der Waals surface area contributed by atoms with E-state index in [-0.39, 0.29) is 0 Å². The number of methoxy groups -OCH3 is 1. The fourth-order valence-electron chi connectivity index (χ4n) is 2.74. The van der Waals surface area contributed by atoms with E-state index in [4.69, 9.17) is 9.47 Å². The van der Waals surface area contributed by atoms with E-state index in [0.29, 0.717) is 12.1 Å². The molecule has 1 atom stereocenters. The molecule has 1 heterocycles. The summed E-state index contributed by atoms with van der Waals surface area (Å²) in [4.78, 5) is 0. The molecule has 1 N–H and O–H groups in total. The van der Waals surface area contributed by atoms with Crippen molar-refractivity contribution in [3.05, 3.63) is 29.8 Å². The summed E-state index contributed by atoms with van der Waals surface area (Å²) in [6.07, 6.45) is 5.94. The first-order valence-corrected chi connectivity index (χ1v) is 7.81. The third kappa shape index (κ3) is 4.50. The monoisotopic (exact) mass is 277 g/mol. The molecule has 1 aromatic rings. The normalized spacial score (nSPS) is 17.9. The van der Waals surface area contributed by atoms with Crippen LogP contribution in [-0.4, -0.2) is 26.4 Å². The van der Waals surface area contributed by atoms with Gasteiger partial charge in [-0.15, -0.1) is 0 Å². The molecule has 112 valence electrons. The number of rotatable bonds is 7. The van der Waals surface area contributed by atoms with Crippen LogP contribution in [0, 0.1) is 0 Å². The van der Waals surface area contributed by atoms with Crippen molar-refractivity contribution in [3.63, 3.8) is 0 Å². The molecule has 1 aliphatic rings. The summed E-state index contributed by atoms with van der Waals surface area (Å²) in [5.74, 6) is 0.925. The van der Waals surface area contributed by atoms with E-state index in [2.05, 4.69) is 36.5 Å². The Kier molecular flexibility index (Phi) is 6.34. The van der Waals surface area contributed by atoms with Crippen molar-refractivity contribution in [2.75, 3.05) is 20.3 Å². The Hall–Kier alpha value is -1.06. The van der Waals surface area contributed by atoms with Gasteiger partial charge in [0.15, 0.2) is 0 Å². The lowest BCUT2D eigenvalue weighted by Crippen LogP contribution is -2.37. The fourth-order valence-corrected chi connectivity index (χ4v) is 2.74. The lowest BCUT2D eigenvalue weighted by molar-refractivity contribution is 0.0744. The molecule has 0 radical (unpaired) electrons. The molecule has 0 amide bonds. The molecule has 3 heteroatoms. The largest absolute Gasteiger partial charge is 0.497 e. The minimum absolute atomic E-state index is 0.448. The van der Waals surface area contributed by atoms with Gasteiger partial charge in [0.25, 0.3) is 0 Å². The van der Waals surface area contributed by atoms with Crippen molar-refractivity contribution in [2.24, 2.45) is 0 Å². The highest BCUT2D eigenvalue weighted by Gasteiger charge is 2.19. The fraction of sp³-hybridized carbons (Fsp3) is 0.647. The number of unbranched alkanes of at least 4 members (excludes halogenated alkanes) is 1. The van der Waals surface area contributed by atoms with Gasteiger partial charge in [-0.2, -0.15) is 0 Å². The zero-order valence-electron chi connectivity index (χ0n) is 12.7. The third-order valence-electron chi connectivity index (χ3n) is 4.02. The van der Waals surface area contributed by atoms with Gasteiger partial charge in [0.05, 0.1) is 7.11 Å². The molecule has 0 aromatic heterocycles. The summed E-state index contributed by atoms with van der Waals surface area (Å²) in [6.45, 7) is 4.03. The van der Waals surface area contributed by atoms with Gasteiger partial charge in [0, 0.05) is 25.3 Å². The van der Waals surface area contributed by atoms with Gasteiger partial charge in [-0.25, -0.2) is 0 Å². The summed E-state index contributed by atoms with van der Waals surface area (Å²) in [5, 5.41) is 3.82. The highest BCUT2D eigenvalue weighted by molar-refractivity contribution is 5.29. The van der Waals surface area contributed by atoms with Crippen molar-refractivity contribution >= 4 is 0 Å². The van der Waals surface area contributed by atoms with E-state index in [1.165, 1.54) is 24.8 Å². The Balaban J connectivity index is 2.00. The quantitative estimate of drug-likeness (QED) is 0.824. The van der Waals surface area contributed by atoms with Crippen LogP contribution < -0.4 is 10.1 Å². The first kappa shape index (κ1) is 15.3. The lowest BCUT2D eigenvalue weighted by atomic mass is 9.98. The molecule has 0 bridgehead atoms. The molecule has 0 spiro atoms. The number of benzene rings is 1. The number of ether oxygens (including phenoxy) is 2. The van der Waals surface area contributed by atoms with Crippen LogP contribution in [0.25, 0.3) is 0 Å². The molecule has 1 aromatic carbocycles. The Morgan fingerprint density at radius 2 is 1.95 bits per heavy atom. The van der Waals surface area contributed by atoms with Crippen molar-refractivity contribution < 1.29 is 9.47 Å². The van der Waals surface area contributed by atoms with Crippen LogP contribution >= 0.6 is 0 Å². The first-order chi connectivity index (χ1) is 9.83. The minimum atomic E-state index is 0.448. The standard InChI is InChI=1S/C17H27NO2/c1-3-4-5-17(18-15-10-12-20-13-11-15)14-6-8-16(19-2)9-7-14/h6-9,15,17-18H,3-5,10-13H2,1-2H3. The second-order valence-corrected chi connectivity index (χ2v) is 5.52. The van der Waals surface area contributed by atoms with E-state index in [1.54, 1.807) is 7.11 Å². The molecule has 0 saturated carbocycles. The predicted molar refractivity (Wildman–Crippen MR) is 82.2 cm³/mol. The predicted octanol–water partition coefficient (Wildman–Crippen LogP) is 3.70. The Morgan fingerprint density at radius 3 is 2.55 bits per heavy atom. The highest BCUT2D eigenvalue weighted by atomic mass is 16.5. The molecule has 3 nitrogen and oxygen atoms in total. The number of hydrogen-bond donors (Lipinski definition) is 1. The van der Waals surface area contributed by atoms with Gasteiger partial charge in [0.2, 0.25) is 0 Å². The molecular formula is C17H27NO2. The van der Waals surface area contributed by atoms with Crippen LogP contribution in [0.1, 0.15) is 50.6 Å². The Labute approximate surface area is 122 Å². The van der Waals surface area contributed by atoms with Crippen LogP contribution in [0.15, 0.2) is 24.3 Å². The van der Waals surface area contributed by atoms with Gasteiger partial charge >= 0.3 is 0 Å². The molecule has 1 saturated heterocycles. The third-order valence-corrected chi connectivity index (χ3v) is 4.02. The molecule has 1 unspecified atom stereocenters. The van der Waals surface area contributed by atoms with Gasteiger partial charge in [-0.3, -0.25) is 0 Å². The van der Waals surface area contributed by atoms with Crippen LogP contribution in [0.3, 0.4) is 0 Å². The average Bonchev–Trinajstić information content (AvgIpc) is 2.52. The van der Waals surface area contributed by atoms with Crippen LogP contribution in [0.4, 0.5) is 0 Å². The maximum absolute atomic E-state index is 5.44.